The molecule has 0 aliphatic carbocycles. The van der Waals surface area contributed by atoms with Gasteiger partial charge in [0.05, 0.1) is 0 Å². The SMILES string of the molecule is C=Cc1c(F)cc(C)cc1F.C=Cc1ccc(C)cc1.C=Cc1ccc(C)cc1F.Cc1cc(F)c(C)c(F)c1.Cc1cc(F)c(C)c(F)c1.Cc1ccc(C)c(F)c1.Cc1ccc(C)c(F)c1.Cc1ccc(C)cc1.Cc1ccc(C)cc1.Cc1ccc(C)cc1. The van der Waals surface area contributed by atoms with Crippen LogP contribution in [0.25, 0.3) is 18.2 Å². The molecule has 0 aliphatic rings. The highest BCUT2D eigenvalue weighted by molar-refractivity contribution is 5.50. The second-order valence-electron chi connectivity index (χ2n) is 22.4. The molecule has 0 bridgehead atoms. The fourth-order valence-electron chi connectivity index (χ4n) is 7.26. The van der Waals surface area contributed by atoms with E-state index in [0.717, 1.165) is 16.7 Å². The molecule has 9 heteroatoms. The molecule has 0 atom stereocenters. The maximum Gasteiger partial charge on any atom is 0.133 e. The van der Waals surface area contributed by atoms with Crippen LogP contribution < -0.4 is 0 Å². The van der Waals surface area contributed by atoms with Crippen LogP contribution in [-0.2, 0) is 0 Å². The maximum atomic E-state index is 12.8. The van der Waals surface area contributed by atoms with Crippen LogP contribution in [0, 0.1) is 170 Å². The van der Waals surface area contributed by atoms with E-state index < -0.39 is 34.9 Å². The van der Waals surface area contributed by atoms with Gasteiger partial charge in [-0.3, -0.25) is 0 Å². The molecule has 10 aromatic rings. The van der Waals surface area contributed by atoms with Gasteiger partial charge in [-0.25, -0.2) is 39.5 Å². The van der Waals surface area contributed by atoms with Gasteiger partial charge in [-0.15, -0.1) is 0 Å². The zero-order chi connectivity index (χ0) is 69.8. The Balaban J connectivity index is 0.000000512. The topological polar surface area (TPSA) is 0 Å². The largest absolute Gasteiger partial charge is 0.207 e. The molecular weight excluding hydrogens is 1170 g/mol. The zero-order valence-electron chi connectivity index (χ0n) is 56.7. The van der Waals surface area contributed by atoms with E-state index in [-0.39, 0.29) is 34.1 Å². The van der Waals surface area contributed by atoms with E-state index in [0.29, 0.717) is 33.4 Å². The van der Waals surface area contributed by atoms with Crippen LogP contribution in [0.4, 0.5) is 39.5 Å². The monoisotopic (exact) mass is 1260 g/mol. The summed E-state index contributed by atoms with van der Waals surface area (Å²) < 4.78 is 114. The number of hydrogen-bond acceptors (Lipinski definition) is 0. The van der Waals surface area contributed by atoms with Gasteiger partial charge in [0.25, 0.3) is 0 Å². The van der Waals surface area contributed by atoms with Gasteiger partial charge >= 0.3 is 0 Å². The van der Waals surface area contributed by atoms with Crippen LogP contribution in [-0.4, -0.2) is 0 Å². The highest BCUT2D eigenvalue weighted by atomic mass is 19.2. The Morgan fingerprint density at radius 1 is 0.207 bits per heavy atom. The van der Waals surface area contributed by atoms with E-state index in [9.17, 15) is 39.5 Å². The first-order valence-corrected chi connectivity index (χ1v) is 29.8. The van der Waals surface area contributed by atoms with Crippen molar-refractivity contribution in [3.63, 3.8) is 0 Å². The van der Waals surface area contributed by atoms with Gasteiger partial charge in [-0.05, 0) is 222 Å². The zero-order valence-corrected chi connectivity index (χ0v) is 56.7. The van der Waals surface area contributed by atoms with Crippen LogP contribution in [0.5, 0.6) is 0 Å². The minimum Gasteiger partial charge on any atom is -0.207 e. The third kappa shape index (κ3) is 33.6. The molecule has 92 heavy (non-hydrogen) atoms. The third-order valence-electron chi connectivity index (χ3n) is 13.3. The van der Waals surface area contributed by atoms with Gasteiger partial charge in [0.1, 0.15) is 52.4 Å². The molecule has 0 aromatic heterocycles. The molecule has 0 saturated heterocycles. The number of rotatable bonds is 3. The highest BCUT2D eigenvalue weighted by Gasteiger charge is 2.06. The summed E-state index contributed by atoms with van der Waals surface area (Å²) in [5.41, 5.74) is 17.2. The van der Waals surface area contributed by atoms with Gasteiger partial charge in [-0.2, -0.15) is 0 Å². The lowest BCUT2D eigenvalue weighted by Gasteiger charge is -1.99. The van der Waals surface area contributed by atoms with E-state index in [4.69, 9.17) is 0 Å². The summed E-state index contributed by atoms with van der Waals surface area (Å²) >= 11 is 0. The van der Waals surface area contributed by atoms with E-state index in [1.807, 2.05) is 45.0 Å². The van der Waals surface area contributed by atoms with Crippen molar-refractivity contribution in [1.82, 2.24) is 0 Å². The predicted molar refractivity (Wildman–Crippen MR) is 375 cm³/mol. The van der Waals surface area contributed by atoms with Crippen LogP contribution in [0.15, 0.2) is 208 Å². The third-order valence-corrected chi connectivity index (χ3v) is 13.3. The molecule has 0 aliphatic heterocycles. The van der Waals surface area contributed by atoms with Crippen molar-refractivity contribution in [2.24, 2.45) is 0 Å². The lowest BCUT2D eigenvalue weighted by molar-refractivity contribution is 0.565. The second-order valence-corrected chi connectivity index (χ2v) is 22.4. The molecule has 0 fully saturated rings. The van der Waals surface area contributed by atoms with Gasteiger partial charge in [0.2, 0.25) is 0 Å². The molecular formula is C83H91F9. The summed E-state index contributed by atoms with van der Waals surface area (Å²) in [5.74, 6) is -3.44. The fourth-order valence-corrected chi connectivity index (χ4v) is 7.26. The first kappa shape index (κ1) is 80.8. The molecule has 486 valence electrons. The quantitative estimate of drug-likeness (QED) is 0.155. The van der Waals surface area contributed by atoms with Gasteiger partial charge < -0.3 is 0 Å². The lowest BCUT2D eigenvalue weighted by atomic mass is 10.1. The molecule has 10 rings (SSSR count). The van der Waals surface area contributed by atoms with E-state index in [2.05, 4.69) is 165 Å². The Hall–Kier alpha value is -9.21. The highest BCUT2D eigenvalue weighted by Crippen LogP contribution is 2.17. The van der Waals surface area contributed by atoms with E-state index >= 15 is 0 Å². The van der Waals surface area contributed by atoms with Crippen molar-refractivity contribution in [3.05, 3.63) is 371 Å². The second kappa shape index (κ2) is 42.7. The Morgan fingerprint density at radius 3 is 0.641 bits per heavy atom. The molecule has 0 spiro atoms. The molecule has 0 saturated carbocycles. The molecule has 0 unspecified atom stereocenters. The van der Waals surface area contributed by atoms with Gasteiger partial charge in [0.15, 0.2) is 0 Å². The van der Waals surface area contributed by atoms with Crippen molar-refractivity contribution < 1.29 is 39.5 Å². The summed E-state index contributed by atoms with van der Waals surface area (Å²) in [6.07, 6.45) is 4.53. The van der Waals surface area contributed by atoms with E-state index in [1.54, 1.807) is 52.8 Å². The van der Waals surface area contributed by atoms with Crippen LogP contribution in [0.2, 0.25) is 0 Å². The van der Waals surface area contributed by atoms with Gasteiger partial charge in [0, 0.05) is 22.3 Å². The predicted octanol–water partition coefficient (Wildman–Crippen LogP) is 25.3. The first-order chi connectivity index (χ1) is 43.2. The maximum absolute atomic E-state index is 12.8. The minimum atomic E-state index is -0.558. The number of benzene rings is 10. The average Bonchev–Trinajstić information content (AvgIpc) is 1.37. The molecule has 10 aromatic carbocycles. The minimum absolute atomic E-state index is 0.0596. The Kier molecular flexibility index (Phi) is 37.5. The van der Waals surface area contributed by atoms with Crippen LogP contribution in [0.3, 0.4) is 0 Å². The summed E-state index contributed by atoms with van der Waals surface area (Å²) in [6, 6.07) is 57.1. The summed E-state index contributed by atoms with van der Waals surface area (Å²) in [5, 5.41) is 0. The molecule has 0 radical (unpaired) electrons. The molecule has 0 nitrogen and oxygen atoms in total. The molecule has 0 heterocycles. The Bertz CT molecular complexity index is 3500. The number of aryl methyl sites for hydroxylation is 15. The van der Waals surface area contributed by atoms with E-state index in [1.165, 1.54) is 125 Å². The number of halogens is 9. The Labute approximate surface area is 544 Å². The average molecular weight is 1260 g/mol. The smallest absolute Gasteiger partial charge is 0.133 e. The lowest BCUT2D eigenvalue weighted by Crippen LogP contribution is -1.89. The van der Waals surface area contributed by atoms with Crippen molar-refractivity contribution in [2.75, 3.05) is 0 Å². The number of hydrogen-bond donors (Lipinski definition) is 0. The molecule has 0 amide bonds. The van der Waals surface area contributed by atoms with Crippen LogP contribution >= 0.6 is 0 Å². The van der Waals surface area contributed by atoms with Crippen molar-refractivity contribution in [1.29, 1.82) is 0 Å². The van der Waals surface area contributed by atoms with Gasteiger partial charge in [-0.1, -0.05) is 210 Å². The standard InChI is InChI=1S/C9H8F2.C9H9F.C9H10.2C8H8F2.2C8H9F.3C8H10/c1-3-7-8(10)4-6(2)5-9(7)11;1-3-8-5-4-7(2)6-9(8)10;1-3-9-6-4-8(2)5-7-9;2*1-5-3-7(9)6(2)8(10)4-5;2*1-6-3-4-7(2)8(9)5-6;3*1-7-3-5-8(2)6-4-7/h3-5H,1H2,2H3;3-6H,1H2,2H3;3-7H,1H2,2H3;2*3-4H,1-2H3;2*3-5H,1-2H3;3*3-6H,1-2H3. The summed E-state index contributed by atoms with van der Waals surface area (Å²) in [7, 11) is 0. The fraction of sp³-hybridized carbons (Fsp3) is 0.205. The first-order valence-electron chi connectivity index (χ1n) is 29.8. The summed E-state index contributed by atoms with van der Waals surface area (Å²) in [6.45, 7) is 42.0. The van der Waals surface area contributed by atoms with Crippen molar-refractivity contribution >= 4 is 18.2 Å². The normalized spacial score (nSPS) is 9.54. The molecule has 0 N–H and O–H groups in total. The Morgan fingerprint density at radius 2 is 0.424 bits per heavy atom. The van der Waals surface area contributed by atoms with Crippen LogP contribution in [0.1, 0.15) is 111 Å². The van der Waals surface area contributed by atoms with Crippen molar-refractivity contribution in [2.45, 2.75) is 118 Å². The summed E-state index contributed by atoms with van der Waals surface area (Å²) in [4.78, 5) is 0. The van der Waals surface area contributed by atoms with Crippen molar-refractivity contribution in [3.8, 4) is 0 Å².